The standard InChI is InChI=1S/C14H26N2O4/c1-9-8-10(11(15)12(17)19-5)6-7-16(9)13(18)20-14(2,3)4/h9-11H,6-8,15H2,1-5H3. The molecule has 0 radical (unpaired) electrons. The maximum absolute atomic E-state index is 12.1. The molecule has 1 aliphatic heterocycles. The molecule has 1 amide bonds. The summed E-state index contributed by atoms with van der Waals surface area (Å²) in [5, 5.41) is 0. The van der Waals surface area contributed by atoms with Crippen molar-refractivity contribution in [1.29, 1.82) is 0 Å². The van der Waals surface area contributed by atoms with Crippen LogP contribution >= 0.6 is 0 Å². The van der Waals surface area contributed by atoms with E-state index in [-0.39, 0.29) is 18.1 Å². The number of methoxy groups -OCH3 is 1. The molecule has 6 nitrogen and oxygen atoms in total. The Balaban J connectivity index is 2.60. The van der Waals surface area contributed by atoms with Crippen molar-refractivity contribution in [2.24, 2.45) is 11.7 Å². The first kappa shape index (κ1) is 16.8. The average Bonchev–Trinajstić information content (AvgIpc) is 2.34. The number of nitrogens with two attached hydrogens (primary N) is 1. The third-order valence-electron chi connectivity index (χ3n) is 3.53. The minimum atomic E-state index is -0.622. The van der Waals surface area contributed by atoms with Gasteiger partial charge in [0, 0.05) is 12.6 Å². The zero-order chi connectivity index (χ0) is 15.5. The molecule has 1 fully saturated rings. The summed E-state index contributed by atoms with van der Waals surface area (Å²) < 4.78 is 10.0. The SMILES string of the molecule is COC(=O)C(N)C1CCN(C(=O)OC(C)(C)C)C(C)C1. The molecule has 1 aliphatic rings. The second-order valence-corrected chi connectivity index (χ2v) is 6.36. The Kier molecular flexibility index (Phi) is 5.39. The molecule has 0 aromatic rings. The molecular formula is C14H26N2O4. The van der Waals surface area contributed by atoms with E-state index in [1.807, 2.05) is 27.7 Å². The molecule has 0 aromatic heterocycles. The maximum Gasteiger partial charge on any atom is 0.410 e. The number of hydrogen-bond donors (Lipinski definition) is 1. The number of rotatable bonds is 2. The fourth-order valence-electron chi connectivity index (χ4n) is 2.46. The summed E-state index contributed by atoms with van der Waals surface area (Å²) in [6, 6.07) is -0.623. The second-order valence-electron chi connectivity index (χ2n) is 6.36. The number of hydrogen-bond acceptors (Lipinski definition) is 5. The predicted molar refractivity (Wildman–Crippen MR) is 75.1 cm³/mol. The van der Waals surface area contributed by atoms with Crippen LogP contribution in [-0.2, 0) is 14.3 Å². The van der Waals surface area contributed by atoms with Crippen LogP contribution in [0.1, 0.15) is 40.5 Å². The molecule has 6 heteroatoms. The third kappa shape index (κ3) is 4.37. The van der Waals surface area contributed by atoms with Gasteiger partial charge in [-0.1, -0.05) is 0 Å². The van der Waals surface area contributed by atoms with Crippen LogP contribution < -0.4 is 5.73 Å². The first-order chi connectivity index (χ1) is 9.15. The Morgan fingerprint density at radius 2 is 1.95 bits per heavy atom. The highest BCUT2D eigenvalue weighted by atomic mass is 16.6. The molecule has 116 valence electrons. The number of nitrogens with zero attached hydrogens (tertiary/aromatic N) is 1. The number of amides is 1. The predicted octanol–water partition coefficient (Wildman–Crippen LogP) is 1.52. The van der Waals surface area contributed by atoms with Crippen LogP contribution in [0.5, 0.6) is 0 Å². The highest BCUT2D eigenvalue weighted by Crippen LogP contribution is 2.26. The van der Waals surface area contributed by atoms with Gasteiger partial charge in [0.1, 0.15) is 11.6 Å². The van der Waals surface area contributed by atoms with E-state index in [1.54, 1.807) is 4.90 Å². The Bertz CT molecular complexity index is 365. The molecule has 20 heavy (non-hydrogen) atoms. The molecule has 0 saturated carbocycles. The fourth-order valence-corrected chi connectivity index (χ4v) is 2.46. The minimum Gasteiger partial charge on any atom is -0.468 e. The van der Waals surface area contributed by atoms with E-state index in [4.69, 9.17) is 10.5 Å². The van der Waals surface area contributed by atoms with Gasteiger partial charge in [0.15, 0.2) is 0 Å². The van der Waals surface area contributed by atoms with Gasteiger partial charge < -0.3 is 20.1 Å². The van der Waals surface area contributed by atoms with Gasteiger partial charge in [0.2, 0.25) is 0 Å². The van der Waals surface area contributed by atoms with Crippen molar-refractivity contribution in [1.82, 2.24) is 4.90 Å². The lowest BCUT2D eigenvalue weighted by atomic mass is 9.86. The van der Waals surface area contributed by atoms with E-state index in [0.717, 1.165) is 0 Å². The van der Waals surface area contributed by atoms with Crippen molar-refractivity contribution in [3.63, 3.8) is 0 Å². The molecule has 3 atom stereocenters. The van der Waals surface area contributed by atoms with Crippen LogP contribution in [0.2, 0.25) is 0 Å². The average molecular weight is 286 g/mol. The largest absolute Gasteiger partial charge is 0.468 e. The molecule has 2 N–H and O–H groups in total. The van der Waals surface area contributed by atoms with E-state index in [1.165, 1.54) is 7.11 Å². The molecule has 0 bridgehead atoms. The number of likely N-dealkylation sites (tertiary alicyclic amines) is 1. The zero-order valence-electron chi connectivity index (χ0n) is 13.0. The molecule has 1 rings (SSSR count). The van der Waals surface area contributed by atoms with Gasteiger partial charge in [-0.25, -0.2) is 4.79 Å². The van der Waals surface area contributed by atoms with Crippen molar-refractivity contribution < 1.29 is 19.1 Å². The lowest BCUT2D eigenvalue weighted by Crippen LogP contribution is -2.51. The topological polar surface area (TPSA) is 81.9 Å². The van der Waals surface area contributed by atoms with Crippen molar-refractivity contribution in [3.05, 3.63) is 0 Å². The van der Waals surface area contributed by atoms with Gasteiger partial charge in [-0.15, -0.1) is 0 Å². The number of esters is 1. The van der Waals surface area contributed by atoms with Gasteiger partial charge >= 0.3 is 12.1 Å². The van der Waals surface area contributed by atoms with Crippen molar-refractivity contribution >= 4 is 12.1 Å². The van der Waals surface area contributed by atoms with Crippen molar-refractivity contribution in [3.8, 4) is 0 Å². The number of piperidine rings is 1. The van der Waals surface area contributed by atoms with Crippen LogP contribution in [-0.4, -0.2) is 48.3 Å². The molecule has 0 spiro atoms. The Morgan fingerprint density at radius 3 is 2.40 bits per heavy atom. The summed E-state index contributed by atoms with van der Waals surface area (Å²) in [5.74, 6) is -0.357. The molecule has 1 heterocycles. The molecule has 0 aromatic carbocycles. The van der Waals surface area contributed by atoms with Gasteiger partial charge in [-0.05, 0) is 46.5 Å². The highest BCUT2D eigenvalue weighted by molar-refractivity contribution is 5.75. The number of carbonyl (C=O) groups is 2. The fraction of sp³-hybridized carbons (Fsp3) is 0.857. The summed E-state index contributed by atoms with van der Waals surface area (Å²) in [6.45, 7) is 8.02. The lowest BCUT2D eigenvalue weighted by Gasteiger charge is -2.39. The van der Waals surface area contributed by atoms with E-state index in [2.05, 4.69) is 4.74 Å². The third-order valence-corrected chi connectivity index (χ3v) is 3.53. The monoisotopic (exact) mass is 286 g/mol. The first-order valence-electron chi connectivity index (χ1n) is 6.98. The summed E-state index contributed by atoms with van der Waals surface area (Å²) in [4.78, 5) is 25.2. The van der Waals surface area contributed by atoms with E-state index < -0.39 is 17.6 Å². The summed E-state index contributed by atoms with van der Waals surface area (Å²) in [6.07, 6.45) is 1.05. The Labute approximate surface area is 120 Å². The minimum absolute atomic E-state index is 0.000642. The van der Waals surface area contributed by atoms with Gasteiger partial charge in [0.25, 0.3) is 0 Å². The molecular weight excluding hydrogens is 260 g/mol. The van der Waals surface area contributed by atoms with Crippen LogP contribution in [0, 0.1) is 5.92 Å². The second kappa shape index (κ2) is 6.43. The first-order valence-corrected chi connectivity index (χ1v) is 6.98. The normalized spacial score (nSPS) is 25.0. The van der Waals surface area contributed by atoms with Gasteiger partial charge in [-0.3, -0.25) is 4.79 Å². The quantitative estimate of drug-likeness (QED) is 0.778. The lowest BCUT2D eigenvalue weighted by molar-refractivity contribution is -0.144. The van der Waals surface area contributed by atoms with Gasteiger partial charge in [-0.2, -0.15) is 0 Å². The van der Waals surface area contributed by atoms with Crippen LogP contribution in [0.3, 0.4) is 0 Å². The smallest absolute Gasteiger partial charge is 0.410 e. The molecule has 0 aliphatic carbocycles. The summed E-state index contributed by atoms with van der Waals surface area (Å²) >= 11 is 0. The number of ether oxygens (including phenoxy) is 2. The maximum atomic E-state index is 12.1. The molecule has 3 unspecified atom stereocenters. The van der Waals surface area contributed by atoms with Crippen molar-refractivity contribution in [2.45, 2.75) is 58.2 Å². The number of carbonyl (C=O) groups excluding carboxylic acids is 2. The van der Waals surface area contributed by atoms with E-state index in [0.29, 0.717) is 19.4 Å². The van der Waals surface area contributed by atoms with E-state index >= 15 is 0 Å². The van der Waals surface area contributed by atoms with Gasteiger partial charge in [0.05, 0.1) is 7.11 Å². The summed E-state index contributed by atoms with van der Waals surface area (Å²) in [7, 11) is 1.33. The molecule has 1 saturated heterocycles. The van der Waals surface area contributed by atoms with Crippen LogP contribution in [0.4, 0.5) is 4.79 Å². The Hall–Kier alpha value is -1.30. The van der Waals surface area contributed by atoms with Crippen molar-refractivity contribution in [2.75, 3.05) is 13.7 Å². The Morgan fingerprint density at radius 1 is 1.35 bits per heavy atom. The summed E-state index contributed by atoms with van der Waals surface area (Å²) in [5.41, 5.74) is 5.37. The van der Waals surface area contributed by atoms with Crippen LogP contribution in [0.15, 0.2) is 0 Å². The van der Waals surface area contributed by atoms with Crippen LogP contribution in [0.25, 0.3) is 0 Å². The van der Waals surface area contributed by atoms with E-state index in [9.17, 15) is 9.59 Å². The highest BCUT2D eigenvalue weighted by Gasteiger charge is 2.36. The zero-order valence-corrected chi connectivity index (χ0v) is 13.0.